The summed E-state index contributed by atoms with van der Waals surface area (Å²) >= 11 is 0. The maximum absolute atomic E-state index is 10.8. The van der Waals surface area contributed by atoms with E-state index in [1.54, 1.807) is 25.4 Å². The first-order valence-corrected chi connectivity index (χ1v) is 5.61. The molecule has 1 N–H and O–H groups in total. The summed E-state index contributed by atoms with van der Waals surface area (Å²) in [7, 11) is 1.52. The predicted molar refractivity (Wildman–Crippen MR) is 64.6 cm³/mol. The Morgan fingerprint density at radius 1 is 1.58 bits per heavy atom. The number of carbonyl (C=O) groups is 1. The molecule has 0 aliphatic heterocycles. The van der Waals surface area contributed by atoms with Crippen LogP contribution in [-0.4, -0.2) is 43.4 Å². The van der Waals surface area contributed by atoms with E-state index in [1.165, 1.54) is 11.8 Å². The van der Waals surface area contributed by atoms with Crippen molar-refractivity contribution in [2.24, 2.45) is 0 Å². The Morgan fingerprint density at radius 2 is 2.37 bits per heavy atom. The number of ether oxygens (including phenoxy) is 1. The minimum absolute atomic E-state index is 0.0640. The van der Waals surface area contributed by atoms with Crippen molar-refractivity contribution in [3.63, 3.8) is 0 Å². The SMILES string of the molecule is COc1cnccc1-c1nnnn1C(C)CC(=O)O. The first-order valence-electron chi connectivity index (χ1n) is 5.61. The van der Waals surface area contributed by atoms with Gasteiger partial charge in [-0.2, -0.15) is 0 Å². The molecule has 8 heteroatoms. The zero-order chi connectivity index (χ0) is 13.8. The summed E-state index contributed by atoms with van der Waals surface area (Å²) in [5.41, 5.74) is 0.666. The predicted octanol–water partition coefficient (Wildman–Crippen LogP) is 0.779. The molecule has 0 bridgehead atoms. The number of nitrogens with zero attached hydrogens (tertiary/aromatic N) is 5. The van der Waals surface area contributed by atoms with E-state index >= 15 is 0 Å². The summed E-state index contributed by atoms with van der Waals surface area (Å²) in [5, 5.41) is 20.2. The molecule has 0 aromatic carbocycles. The van der Waals surface area contributed by atoms with Crippen LogP contribution in [0.25, 0.3) is 11.4 Å². The van der Waals surface area contributed by atoms with Crippen LogP contribution in [0.4, 0.5) is 0 Å². The molecule has 0 aliphatic rings. The molecule has 0 spiro atoms. The summed E-state index contributed by atoms with van der Waals surface area (Å²) < 4.78 is 6.66. The summed E-state index contributed by atoms with van der Waals surface area (Å²) in [6.45, 7) is 1.74. The van der Waals surface area contributed by atoms with Crippen molar-refractivity contribution in [3.05, 3.63) is 18.5 Å². The van der Waals surface area contributed by atoms with Crippen LogP contribution in [0.3, 0.4) is 0 Å². The maximum Gasteiger partial charge on any atom is 0.305 e. The molecule has 0 aliphatic carbocycles. The lowest BCUT2D eigenvalue weighted by Gasteiger charge is -2.12. The number of rotatable bonds is 5. The fourth-order valence-corrected chi connectivity index (χ4v) is 1.73. The number of carboxylic acids is 1. The van der Waals surface area contributed by atoms with E-state index < -0.39 is 5.97 Å². The van der Waals surface area contributed by atoms with E-state index in [0.29, 0.717) is 17.1 Å². The molecule has 19 heavy (non-hydrogen) atoms. The van der Waals surface area contributed by atoms with Crippen molar-refractivity contribution in [2.75, 3.05) is 7.11 Å². The van der Waals surface area contributed by atoms with Crippen molar-refractivity contribution in [2.45, 2.75) is 19.4 Å². The van der Waals surface area contributed by atoms with Gasteiger partial charge in [0.1, 0.15) is 5.75 Å². The third-order valence-corrected chi connectivity index (χ3v) is 2.63. The second-order valence-corrected chi connectivity index (χ2v) is 3.97. The summed E-state index contributed by atoms with van der Waals surface area (Å²) in [4.78, 5) is 14.7. The first kappa shape index (κ1) is 12.9. The van der Waals surface area contributed by atoms with Crippen molar-refractivity contribution in [1.82, 2.24) is 25.2 Å². The molecule has 2 rings (SSSR count). The highest BCUT2D eigenvalue weighted by Gasteiger charge is 2.19. The van der Waals surface area contributed by atoms with Crippen LogP contribution in [0, 0.1) is 0 Å². The fraction of sp³-hybridized carbons (Fsp3) is 0.364. The lowest BCUT2D eigenvalue weighted by atomic mass is 10.2. The number of hydrogen-bond donors (Lipinski definition) is 1. The number of hydrogen-bond acceptors (Lipinski definition) is 6. The molecule has 8 nitrogen and oxygen atoms in total. The Kier molecular flexibility index (Phi) is 3.69. The van der Waals surface area contributed by atoms with Gasteiger partial charge in [-0.15, -0.1) is 5.10 Å². The molecule has 0 fully saturated rings. The van der Waals surface area contributed by atoms with Crippen LogP contribution in [0.15, 0.2) is 18.5 Å². The van der Waals surface area contributed by atoms with Crippen LogP contribution in [0.2, 0.25) is 0 Å². The topological polar surface area (TPSA) is 103 Å². The number of pyridine rings is 1. The Balaban J connectivity index is 2.41. The van der Waals surface area contributed by atoms with E-state index in [-0.39, 0.29) is 12.5 Å². The second-order valence-electron chi connectivity index (χ2n) is 3.97. The minimum Gasteiger partial charge on any atom is -0.494 e. The van der Waals surface area contributed by atoms with E-state index in [9.17, 15) is 4.79 Å². The largest absolute Gasteiger partial charge is 0.494 e. The zero-order valence-corrected chi connectivity index (χ0v) is 10.5. The van der Waals surface area contributed by atoms with Crippen LogP contribution in [0.1, 0.15) is 19.4 Å². The van der Waals surface area contributed by atoms with Crippen molar-refractivity contribution in [1.29, 1.82) is 0 Å². The minimum atomic E-state index is -0.907. The quantitative estimate of drug-likeness (QED) is 0.850. The number of tetrazole rings is 1. The molecule has 100 valence electrons. The monoisotopic (exact) mass is 263 g/mol. The van der Waals surface area contributed by atoms with Gasteiger partial charge in [0, 0.05) is 6.20 Å². The standard InChI is InChI=1S/C11H13N5O3/c1-7(5-10(17)18)16-11(13-14-15-16)8-3-4-12-6-9(8)19-2/h3-4,6-7H,5H2,1-2H3,(H,17,18). The number of carboxylic acid groups (broad SMARTS) is 1. The molecular weight excluding hydrogens is 250 g/mol. The second kappa shape index (κ2) is 5.42. The van der Waals surface area contributed by atoms with E-state index in [4.69, 9.17) is 9.84 Å². The Bertz CT molecular complexity index is 583. The lowest BCUT2D eigenvalue weighted by Crippen LogP contribution is -2.13. The van der Waals surface area contributed by atoms with Gasteiger partial charge in [-0.1, -0.05) is 0 Å². The Morgan fingerprint density at radius 3 is 3.05 bits per heavy atom. The van der Waals surface area contributed by atoms with E-state index in [1.807, 2.05) is 0 Å². The van der Waals surface area contributed by atoms with Gasteiger partial charge in [0.2, 0.25) is 0 Å². The molecular formula is C11H13N5O3. The normalized spacial score (nSPS) is 12.1. The molecule has 2 aromatic heterocycles. The Hall–Kier alpha value is -2.51. The highest BCUT2D eigenvalue weighted by atomic mass is 16.5. The number of aromatic nitrogens is 5. The molecule has 0 amide bonds. The fourth-order valence-electron chi connectivity index (χ4n) is 1.73. The third-order valence-electron chi connectivity index (χ3n) is 2.63. The van der Waals surface area contributed by atoms with Crippen LogP contribution in [0.5, 0.6) is 5.75 Å². The van der Waals surface area contributed by atoms with E-state index in [2.05, 4.69) is 20.5 Å². The van der Waals surface area contributed by atoms with Crippen LogP contribution in [-0.2, 0) is 4.79 Å². The number of methoxy groups -OCH3 is 1. The van der Waals surface area contributed by atoms with Crippen molar-refractivity contribution >= 4 is 5.97 Å². The van der Waals surface area contributed by atoms with Gasteiger partial charge in [0.15, 0.2) is 5.82 Å². The van der Waals surface area contributed by atoms with Gasteiger partial charge in [0.25, 0.3) is 0 Å². The molecule has 2 heterocycles. The van der Waals surface area contributed by atoms with Gasteiger partial charge in [0.05, 0.1) is 31.3 Å². The molecule has 0 saturated heterocycles. The highest BCUT2D eigenvalue weighted by molar-refractivity contribution is 5.67. The van der Waals surface area contributed by atoms with Crippen molar-refractivity contribution < 1.29 is 14.6 Å². The van der Waals surface area contributed by atoms with Crippen LogP contribution >= 0.6 is 0 Å². The average Bonchev–Trinajstić information content (AvgIpc) is 2.87. The smallest absolute Gasteiger partial charge is 0.305 e. The van der Waals surface area contributed by atoms with Crippen LogP contribution < -0.4 is 4.74 Å². The Labute approximate surface area is 109 Å². The first-order chi connectivity index (χ1) is 9.13. The molecule has 1 unspecified atom stereocenters. The van der Waals surface area contributed by atoms with E-state index in [0.717, 1.165) is 0 Å². The highest BCUT2D eigenvalue weighted by Crippen LogP contribution is 2.28. The zero-order valence-electron chi connectivity index (χ0n) is 10.5. The molecule has 1 atom stereocenters. The molecule has 0 radical (unpaired) electrons. The van der Waals surface area contributed by atoms with Gasteiger partial charge >= 0.3 is 5.97 Å². The average molecular weight is 263 g/mol. The van der Waals surface area contributed by atoms with Gasteiger partial charge in [-0.3, -0.25) is 9.78 Å². The summed E-state index contributed by atoms with van der Waals surface area (Å²) in [5.74, 6) is 0.0738. The lowest BCUT2D eigenvalue weighted by molar-refractivity contribution is -0.137. The third kappa shape index (κ3) is 2.67. The van der Waals surface area contributed by atoms with Gasteiger partial charge in [-0.25, -0.2) is 4.68 Å². The number of aliphatic carboxylic acids is 1. The summed E-state index contributed by atoms with van der Waals surface area (Å²) in [6.07, 6.45) is 3.08. The summed E-state index contributed by atoms with van der Waals surface area (Å²) in [6, 6.07) is 1.36. The maximum atomic E-state index is 10.8. The van der Waals surface area contributed by atoms with Gasteiger partial charge < -0.3 is 9.84 Å². The molecule has 2 aromatic rings. The van der Waals surface area contributed by atoms with Crippen molar-refractivity contribution in [3.8, 4) is 17.1 Å². The molecule has 0 saturated carbocycles. The van der Waals surface area contributed by atoms with Gasteiger partial charge in [-0.05, 0) is 23.4 Å².